The number of nitrogens with zero attached hydrogens (tertiary/aromatic N) is 3. The highest BCUT2D eigenvalue weighted by Crippen LogP contribution is 2.30. The zero-order valence-electron chi connectivity index (χ0n) is 15.2. The van der Waals surface area contributed by atoms with Crippen LogP contribution in [0, 0.1) is 0 Å². The molecule has 3 rings (SSSR count). The summed E-state index contributed by atoms with van der Waals surface area (Å²) in [7, 11) is 1.88. The highest BCUT2D eigenvalue weighted by atomic mass is 35.5. The molecule has 0 aliphatic rings. The van der Waals surface area contributed by atoms with E-state index >= 15 is 0 Å². The first-order chi connectivity index (χ1) is 13.1. The average molecular weight is 401 g/mol. The second kappa shape index (κ2) is 9.06. The Morgan fingerprint density at radius 1 is 1.15 bits per heavy atom. The Morgan fingerprint density at radius 2 is 1.85 bits per heavy atom. The van der Waals surface area contributed by atoms with Crippen LogP contribution in [0.1, 0.15) is 18.9 Å². The van der Waals surface area contributed by atoms with Crippen LogP contribution >= 0.6 is 23.4 Å². The van der Waals surface area contributed by atoms with E-state index in [1.807, 2.05) is 73.1 Å². The molecule has 0 saturated carbocycles. The van der Waals surface area contributed by atoms with E-state index in [2.05, 4.69) is 15.5 Å². The fourth-order valence-electron chi connectivity index (χ4n) is 2.64. The van der Waals surface area contributed by atoms with Crippen LogP contribution in [-0.4, -0.2) is 25.9 Å². The lowest BCUT2D eigenvalue weighted by Crippen LogP contribution is -2.32. The molecule has 1 heterocycles. The van der Waals surface area contributed by atoms with Crippen molar-refractivity contribution in [1.29, 1.82) is 0 Å². The van der Waals surface area contributed by atoms with E-state index in [-0.39, 0.29) is 11.2 Å². The van der Waals surface area contributed by atoms with E-state index in [4.69, 9.17) is 11.6 Å². The summed E-state index contributed by atoms with van der Waals surface area (Å²) in [5.74, 6) is 0.677. The Hall–Kier alpha value is -2.31. The summed E-state index contributed by atoms with van der Waals surface area (Å²) < 4.78 is 1.87. The zero-order valence-corrected chi connectivity index (χ0v) is 16.8. The van der Waals surface area contributed by atoms with Gasteiger partial charge >= 0.3 is 0 Å². The summed E-state index contributed by atoms with van der Waals surface area (Å²) in [6.07, 6.45) is 0.694. The van der Waals surface area contributed by atoms with Gasteiger partial charge < -0.3 is 9.88 Å². The average Bonchev–Trinajstić information content (AvgIpc) is 3.05. The highest BCUT2D eigenvalue weighted by Gasteiger charge is 2.22. The molecule has 7 heteroatoms. The molecule has 0 bridgehead atoms. The number of carbonyl (C=O) groups excluding carboxylic acids is 1. The van der Waals surface area contributed by atoms with Crippen molar-refractivity contribution in [1.82, 2.24) is 20.1 Å². The van der Waals surface area contributed by atoms with Crippen molar-refractivity contribution >= 4 is 29.3 Å². The van der Waals surface area contributed by atoms with Crippen molar-refractivity contribution in [2.75, 3.05) is 0 Å². The number of hydrogen-bond acceptors (Lipinski definition) is 4. The molecule has 5 nitrogen and oxygen atoms in total. The Kier molecular flexibility index (Phi) is 6.53. The maximum Gasteiger partial charge on any atom is 0.233 e. The van der Waals surface area contributed by atoms with Gasteiger partial charge in [0.05, 0.1) is 10.3 Å². The number of thioether (sulfide) groups is 1. The molecular weight excluding hydrogens is 380 g/mol. The maximum atomic E-state index is 12.6. The van der Waals surface area contributed by atoms with E-state index in [9.17, 15) is 4.79 Å². The maximum absolute atomic E-state index is 12.6. The summed E-state index contributed by atoms with van der Waals surface area (Å²) in [6, 6.07) is 17.4. The molecule has 140 valence electrons. The third kappa shape index (κ3) is 4.70. The molecule has 1 amide bonds. The smallest absolute Gasteiger partial charge is 0.233 e. The van der Waals surface area contributed by atoms with E-state index in [1.54, 1.807) is 0 Å². The van der Waals surface area contributed by atoms with Crippen molar-refractivity contribution in [3.05, 3.63) is 65.2 Å². The van der Waals surface area contributed by atoms with Crippen LogP contribution in [0.2, 0.25) is 5.02 Å². The molecule has 27 heavy (non-hydrogen) atoms. The largest absolute Gasteiger partial charge is 0.351 e. The number of halogens is 1. The number of benzene rings is 2. The minimum Gasteiger partial charge on any atom is -0.351 e. The summed E-state index contributed by atoms with van der Waals surface area (Å²) in [5.41, 5.74) is 1.90. The van der Waals surface area contributed by atoms with Gasteiger partial charge in [0.25, 0.3) is 0 Å². The fourth-order valence-corrected chi connectivity index (χ4v) is 3.81. The first kappa shape index (κ1) is 19.5. The molecule has 1 aromatic heterocycles. The van der Waals surface area contributed by atoms with Gasteiger partial charge in [0, 0.05) is 19.2 Å². The number of nitrogens with one attached hydrogen (secondary N) is 1. The van der Waals surface area contributed by atoms with Crippen molar-refractivity contribution in [3.8, 4) is 11.4 Å². The van der Waals surface area contributed by atoms with Crippen LogP contribution in [0.4, 0.5) is 0 Å². The van der Waals surface area contributed by atoms with Gasteiger partial charge in [-0.1, -0.05) is 72.8 Å². The van der Waals surface area contributed by atoms with E-state index in [0.29, 0.717) is 29.0 Å². The van der Waals surface area contributed by atoms with Gasteiger partial charge in [-0.3, -0.25) is 4.79 Å². The summed E-state index contributed by atoms with van der Waals surface area (Å²) in [6.45, 7) is 2.51. The van der Waals surface area contributed by atoms with E-state index in [0.717, 1.165) is 11.1 Å². The van der Waals surface area contributed by atoms with Gasteiger partial charge in [-0.2, -0.15) is 0 Å². The minimum absolute atomic E-state index is 0.00588. The lowest BCUT2D eigenvalue weighted by molar-refractivity contribution is -0.120. The molecule has 0 spiro atoms. The molecular formula is C20H21ClN4OS. The van der Waals surface area contributed by atoms with Gasteiger partial charge in [0.15, 0.2) is 11.0 Å². The molecule has 1 N–H and O–H groups in total. The van der Waals surface area contributed by atoms with Crippen LogP contribution in [0.25, 0.3) is 11.4 Å². The number of amides is 1. The van der Waals surface area contributed by atoms with Crippen molar-refractivity contribution in [2.24, 2.45) is 7.05 Å². The molecule has 0 radical (unpaired) electrons. The lowest BCUT2D eigenvalue weighted by atomic mass is 10.2. The lowest BCUT2D eigenvalue weighted by Gasteiger charge is -2.14. The first-order valence-corrected chi connectivity index (χ1v) is 9.98. The molecule has 0 aliphatic carbocycles. The van der Waals surface area contributed by atoms with Crippen LogP contribution in [0.3, 0.4) is 0 Å². The molecule has 0 fully saturated rings. The van der Waals surface area contributed by atoms with E-state index in [1.165, 1.54) is 11.8 Å². The number of aromatic nitrogens is 3. The number of rotatable bonds is 7. The SMILES string of the molecule is CCC(Sc1nnc(-c2ccccc2Cl)n1C)C(=O)NCc1ccccc1. The predicted octanol–water partition coefficient (Wildman–Crippen LogP) is 4.32. The Labute approximate surface area is 168 Å². The number of carbonyl (C=O) groups is 1. The van der Waals surface area contributed by atoms with Gasteiger partial charge in [-0.15, -0.1) is 10.2 Å². The van der Waals surface area contributed by atoms with Crippen molar-refractivity contribution < 1.29 is 4.79 Å². The predicted molar refractivity (Wildman–Crippen MR) is 110 cm³/mol. The topological polar surface area (TPSA) is 59.8 Å². The third-order valence-electron chi connectivity index (χ3n) is 4.17. The summed E-state index contributed by atoms with van der Waals surface area (Å²) >= 11 is 7.69. The van der Waals surface area contributed by atoms with Crippen molar-refractivity contribution in [2.45, 2.75) is 30.3 Å². The quantitative estimate of drug-likeness (QED) is 0.600. The van der Waals surface area contributed by atoms with E-state index < -0.39 is 0 Å². The van der Waals surface area contributed by atoms with Crippen LogP contribution in [-0.2, 0) is 18.4 Å². The zero-order chi connectivity index (χ0) is 19.2. The Bertz CT molecular complexity index is 913. The fraction of sp³-hybridized carbons (Fsp3) is 0.250. The molecule has 0 aliphatic heterocycles. The minimum atomic E-state index is -0.240. The Balaban J connectivity index is 1.69. The second-order valence-corrected chi connectivity index (χ2v) is 7.64. The van der Waals surface area contributed by atoms with Crippen LogP contribution in [0.5, 0.6) is 0 Å². The molecule has 0 saturated heterocycles. The highest BCUT2D eigenvalue weighted by molar-refractivity contribution is 8.00. The van der Waals surface area contributed by atoms with Gasteiger partial charge in [0.2, 0.25) is 5.91 Å². The van der Waals surface area contributed by atoms with Crippen LogP contribution in [0.15, 0.2) is 59.8 Å². The van der Waals surface area contributed by atoms with Gasteiger partial charge in [-0.05, 0) is 24.1 Å². The standard InChI is InChI=1S/C20H21ClN4OS/c1-3-17(19(26)22-13-14-9-5-4-6-10-14)27-20-24-23-18(25(20)2)15-11-7-8-12-16(15)21/h4-12,17H,3,13H2,1-2H3,(H,22,26). The molecule has 1 atom stereocenters. The summed E-state index contributed by atoms with van der Waals surface area (Å²) in [5, 5.41) is 12.6. The van der Waals surface area contributed by atoms with Crippen LogP contribution < -0.4 is 5.32 Å². The summed E-state index contributed by atoms with van der Waals surface area (Å²) in [4.78, 5) is 12.6. The Morgan fingerprint density at radius 3 is 2.56 bits per heavy atom. The first-order valence-electron chi connectivity index (χ1n) is 8.72. The second-order valence-electron chi connectivity index (χ2n) is 6.06. The van der Waals surface area contributed by atoms with Crippen molar-refractivity contribution in [3.63, 3.8) is 0 Å². The number of hydrogen-bond donors (Lipinski definition) is 1. The van der Waals surface area contributed by atoms with Gasteiger partial charge in [0.1, 0.15) is 0 Å². The monoisotopic (exact) mass is 400 g/mol. The molecule has 2 aromatic carbocycles. The molecule has 3 aromatic rings. The normalized spacial score (nSPS) is 12.0. The molecule has 1 unspecified atom stereocenters. The third-order valence-corrected chi connectivity index (χ3v) is 5.90. The van der Waals surface area contributed by atoms with Gasteiger partial charge in [-0.25, -0.2) is 0 Å².